The van der Waals surface area contributed by atoms with E-state index in [2.05, 4.69) is 16.8 Å². The van der Waals surface area contributed by atoms with Crippen LogP contribution in [-0.4, -0.2) is 55.7 Å². The number of amides is 1. The third-order valence-corrected chi connectivity index (χ3v) is 3.54. The van der Waals surface area contributed by atoms with Crippen molar-refractivity contribution in [2.45, 2.75) is 44.8 Å². The van der Waals surface area contributed by atoms with Gasteiger partial charge in [-0.3, -0.25) is 9.36 Å². The molecule has 1 fully saturated rings. The summed E-state index contributed by atoms with van der Waals surface area (Å²) in [6, 6.07) is 0. The number of aliphatic hydroxyl groups is 3. The van der Waals surface area contributed by atoms with Crippen LogP contribution in [-0.2, 0) is 4.74 Å². The second-order valence-corrected chi connectivity index (χ2v) is 5.84. The van der Waals surface area contributed by atoms with E-state index in [0.29, 0.717) is 12.3 Å². The molecule has 23 heavy (non-hydrogen) atoms. The van der Waals surface area contributed by atoms with E-state index in [1.807, 2.05) is 13.8 Å². The topological polar surface area (TPSA) is 131 Å². The first-order valence-electron chi connectivity index (χ1n) is 7.34. The van der Waals surface area contributed by atoms with Crippen LogP contribution in [0, 0.1) is 17.8 Å². The van der Waals surface area contributed by atoms with Crippen LogP contribution < -0.4 is 5.73 Å². The summed E-state index contributed by atoms with van der Waals surface area (Å²) in [5, 5.41) is 29.1. The van der Waals surface area contributed by atoms with E-state index in [4.69, 9.17) is 15.6 Å². The minimum Gasteiger partial charge on any atom is -0.394 e. The molecule has 126 valence electrons. The molecule has 1 aliphatic rings. The summed E-state index contributed by atoms with van der Waals surface area (Å²) in [4.78, 5) is 15.4. The molecule has 2 rings (SSSR count). The lowest BCUT2D eigenvalue weighted by molar-refractivity contribution is -0.0531. The summed E-state index contributed by atoms with van der Waals surface area (Å²) in [6.45, 7) is 3.57. The predicted octanol–water partition coefficient (Wildman–Crippen LogP) is -1.01. The van der Waals surface area contributed by atoms with E-state index in [0.717, 1.165) is 0 Å². The van der Waals surface area contributed by atoms with Crippen molar-refractivity contribution in [1.82, 2.24) is 9.55 Å². The van der Waals surface area contributed by atoms with Gasteiger partial charge in [0.15, 0.2) is 11.9 Å². The molecular weight excluding hydrogens is 302 g/mol. The van der Waals surface area contributed by atoms with Crippen LogP contribution in [0.4, 0.5) is 0 Å². The van der Waals surface area contributed by atoms with E-state index >= 15 is 0 Å². The normalized spacial score (nSPS) is 27.0. The zero-order valence-electron chi connectivity index (χ0n) is 13.0. The Kier molecular flexibility index (Phi) is 5.38. The average molecular weight is 323 g/mol. The lowest BCUT2D eigenvalue weighted by atomic mass is 10.1. The summed E-state index contributed by atoms with van der Waals surface area (Å²) in [6.07, 6.45) is -2.58. The highest BCUT2D eigenvalue weighted by atomic mass is 16.6. The first-order chi connectivity index (χ1) is 10.9. The Morgan fingerprint density at radius 1 is 1.48 bits per heavy atom. The van der Waals surface area contributed by atoms with Gasteiger partial charge in [-0.25, -0.2) is 4.98 Å². The van der Waals surface area contributed by atoms with Crippen molar-refractivity contribution < 1.29 is 24.9 Å². The fraction of sp³-hybridized carbons (Fsp3) is 0.600. The maximum atomic E-state index is 11.5. The molecule has 8 nitrogen and oxygen atoms in total. The highest BCUT2D eigenvalue weighted by Crippen LogP contribution is 2.30. The number of aromatic nitrogens is 2. The third-order valence-electron chi connectivity index (χ3n) is 3.54. The summed E-state index contributed by atoms with van der Waals surface area (Å²) >= 11 is 0. The first-order valence-corrected chi connectivity index (χ1v) is 7.34. The second-order valence-electron chi connectivity index (χ2n) is 5.84. The molecule has 0 spiro atoms. The Labute approximate surface area is 133 Å². The van der Waals surface area contributed by atoms with E-state index in [1.165, 1.54) is 10.9 Å². The number of hydrogen-bond acceptors (Lipinski definition) is 6. The van der Waals surface area contributed by atoms with Crippen LogP contribution in [0.15, 0.2) is 6.33 Å². The van der Waals surface area contributed by atoms with Crippen LogP contribution in [0.2, 0.25) is 0 Å². The largest absolute Gasteiger partial charge is 0.394 e. The van der Waals surface area contributed by atoms with Gasteiger partial charge in [0.05, 0.1) is 12.9 Å². The number of rotatable bonds is 4. The van der Waals surface area contributed by atoms with Gasteiger partial charge in [-0.05, 0) is 11.8 Å². The third kappa shape index (κ3) is 3.54. The Bertz CT molecular complexity index is 631. The van der Waals surface area contributed by atoms with Crippen LogP contribution in [0.3, 0.4) is 0 Å². The van der Waals surface area contributed by atoms with Crippen LogP contribution in [0.1, 0.15) is 42.7 Å². The molecule has 0 bridgehead atoms. The highest BCUT2D eigenvalue weighted by Gasteiger charge is 2.44. The van der Waals surface area contributed by atoms with Crippen molar-refractivity contribution in [3.05, 3.63) is 17.7 Å². The molecule has 1 aromatic rings. The quantitative estimate of drug-likeness (QED) is 0.525. The van der Waals surface area contributed by atoms with Gasteiger partial charge >= 0.3 is 0 Å². The monoisotopic (exact) mass is 323 g/mol. The molecule has 0 aromatic carbocycles. The van der Waals surface area contributed by atoms with Gasteiger partial charge in [0, 0.05) is 6.42 Å². The summed E-state index contributed by atoms with van der Waals surface area (Å²) in [5.74, 6) is 5.37. The Hall–Kier alpha value is -1.92. The number of primary amides is 1. The van der Waals surface area contributed by atoms with Gasteiger partial charge in [0.2, 0.25) is 0 Å². The number of aliphatic hydroxyl groups excluding tert-OH is 3. The number of nitrogens with zero attached hydrogens (tertiary/aromatic N) is 2. The minimum atomic E-state index is -1.28. The standard InChI is InChI=1S/C15H21N3O5/c1-8(2)4-3-5-9-11(14(16)22)17-7-18(9)15-13(21)12(20)10(6-19)23-15/h7-8,10,12-13,15,19-21H,4,6H2,1-2H3,(H2,16,22)/t10-,12-,13-,15-/m1/s1. The molecule has 1 aliphatic heterocycles. The van der Waals surface area contributed by atoms with Crippen molar-refractivity contribution in [1.29, 1.82) is 0 Å². The van der Waals surface area contributed by atoms with Gasteiger partial charge in [-0.15, -0.1) is 0 Å². The second kappa shape index (κ2) is 7.10. The van der Waals surface area contributed by atoms with Crippen LogP contribution in [0.25, 0.3) is 0 Å². The number of imidazole rings is 1. The molecule has 0 saturated carbocycles. The molecule has 1 saturated heterocycles. The van der Waals surface area contributed by atoms with Crippen molar-refractivity contribution in [2.24, 2.45) is 11.7 Å². The fourth-order valence-electron chi connectivity index (χ4n) is 2.31. The molecule has 8 heteroatoms. The minimum absolute atomic E-state index is 0.0287. The molecule has 0 aliphatic carbocycles. The maximum Gasteiger partial charge on any atom is 0.270 e. The SMILES string of the molecule is CC(C)CC#Cc1c(C(N)=O)ncn1[C@@H]1O[C@H](CO)[C@@H](O)[C@H]1O. The molecule has 1 aromatic heterocycles. The lowest BCUT2D eigenvalue weighted by Crippen LogP contribution is -2.33. The van der Waals surface area contributed by atoms with Gasteiger partial charge < -0.3 is 25.8 Å². The maximum absolute atomic E-state index is 11.5. The van der Waals surface area contributed by atoms with E-state index in [9.17, 15) is 15.0 Å². The summed E-state index contributed by atoms with van der Waals surface area (Å²) in [7, 11) is 0. The molecule has 2 heterocycles. The lowest BCUT2D eigenvalue weighted by Gasteiger charge is -2.17. The van der Waals surface area contributed by atoms with E-state index in [1.54, 1.807) is 0 Å². The number of carbonyl (C=O) groups excluding carboxylic acids is 1. The zero-order chi connectivity index (χ0) is 17.1. The predicted molar refractivity (Wildman–Crippen MR) is 80.1 cm³/mol. The van der Waals surface area contributed by atoms with E-state index in [-0.39, 0.29) is 11.4 Å². The summed E-state index contributed by atoms with van der Waals surface area (Å²) in [5.41, 5.74) is 5.49. The average Bonchev–Trinajstić information content (AvgIpc) is 3.02. The Balaban J connectivity index is 2.38. The van der Waals surface area contributed by atoms with E-state index < -0.39 is 37.1 Å². The van der Waals surface area contributed by atoms with Crippen LogP contribution >= 0.6 is 0 Å². The molecule has 5 N–H and O–H groups in total. The number of hydrogen-bond donors (Lipinski definition) is 4. The van der Waals surface area contributed by atoms with Gasteiger partial charge in [0.25, 0.3) is 5.91 Å². The summed E-state index contributed by atoms with van der Waals surface area (Å²) < 4.78 is 6.79. The molecule has 1 amide bonds. The number of nitrogens with two attached hydrogens (primary N) is 1. The van der Waals surface area contributed by atoms with Crippen LogP contribution in [0.5, 0.6) is 0 Å². The molecule has 4 atom stereocenters. The van der Waals surface area contributed by atoms with Crippen molar-refractivity contribution >= 4 is 5.91 Å². The Morgan fingerprint density at radius 2 is 2.17 bits per heavy atom. The molecular formula is C15H21N3O5. The molecule has 0 unspecified atom stereocenters. The van der Waals surface area contributed by atoms with Gasteiger partial charge in [-0.2, -0.15) is 0 Å². The highest BCUT2D eigenvalue weighted by molar-refractivity contribution is 5.93. The number of ether oxygens (including phenoxy) is 1. The Morgan fingerprint density at radius 3 is 2.70 bits per heavy atom. The zero-order valence-corrected chi connectivity index (χ0v) is 13.0. The van der Waals surface area contributed by atoms with Gasteiger partial charge in [0.1, 0.15) is 24.0 Å². The van der Waals surface area contributed by atoms with Crippen molar-refractivity contribution in [3.63, 3.8) is 0 Å². The van der Waals surface area contributed by atoms with Gasteiger partial charge in [-0.1, -0.05) is 19.8 Å². The molecule has 0 radical (unpaired) electrons. The van der Waals surface area contributed by atoms with Crippen molar-refractivity contribution in [2.75, 3.05) is 6.61 Å². The van der Waals surface area contributed by atoms with Crippen molar-refractivity contribution in [3.8, 4) is 11.8 Å². The smallest absolute Gasteiger partial charge is 0.270 e. The fourth-order valence-corrected chi connectivity index (χ4v) is 2.31. The first kappa shape index (κ1) is 17.4. The number of carbonyl (C=O) groups is 1.